The van der Waals surface area contributed by atoms with E-state index < -0.39 is 28.6 Å². The monoisotopic (exact) mass is 256 g/mol. The molecule has 0 aromatic carbocycles. The van der Waals surface area contributed by atoms with Gasteiger partial charge in [-0.2, -0.15) is 0 Å². The molecule has 6 radical (unpaired) electrons. The van der Waals surface area contributed by atoms with Crippen LogP contribution < -0.4 is 0 Å². The average Bonchev–Trinajstić information content (AvgIpc) is 1.98. The van der Waals surface area contributed by atoms with Crippen LogP contribution in [0.3, 0.4) is 0 Å². The fourth-order valence-electron chi connectivity index (χ4n) is 0.364. The second-order valence-electron chi connectivity index (χ2n) is 1.65. The lowest BCUT2D eigenvalue weighted by Crippen LogP contribution is -2.47. The summed E-state index contributed by atoms with van der Waals surface area (Å²) in [4.78, 5) is 25.7. The number of hydrogen-bond donors (Lipinski definition) is 3. The van der Waals surface area contributed by atoms with Crippen molar-refractivity contribution in [1.29, 1.82) is 0 Å². The van der Waals surface area contributed by atoms with Crippen LogP contribution in [0.5, 0.6) is 0 Å². The van der Waals surface area contributed by atoms with Crippen LogP contribution in [0.1, 0.15) is 6.92 Å². The molecule has 7 nitrogen and oxygen atoms in total. The summed E-state index contributed by atoms with van der Waals surface area (Å²) in [6, 6.07) is 0. The Bertz CT molecular complexity index is 126. The smallest absolute Gasteiger partial charge is 0.435 e. The van der Waals surface area contributed by atoms with Crippen LogP contribution in [0.25, 0.3) is 0 Å². The van der Waals surface area contributed by atoms with E-state index in [9.17, 15) is 0 Å². The maximum Gasteiger partial charge on any atom is 0.663 e. The van der Waals surface area contributed by atoms with Gasteiger partial charge in [-0.25, -0.2) is 0 Å². The van der Waals surface area contributed by atoms with E-state index >= 15 is 0 Å². The maximum absolute atomic E-state index is 8.56. The third kappa shape index (κ3) is 8.91. The van der Waals surface area contributed by atoms with E-state index in [1.807, 2.05) is 0 Å². The van der Waals surface area contributed by atoms with Crippen LogP contribution in [-0.2, 0) is 16.8 Å². The molecule has 11 heteroatoms. The molecule has 0 saturated heterocycles. The summed E-state index contributed by atoms with van der Waals surface area (Å²) in [6.45, 7) is 1.94. The van der Waals surface area contributed by atoms with Crippen LogP contribution in [0.4, 0.5) is 0 Å². The van der Waals surface area contributed by atoms with Crippen LogP contribution in [-0.4, -0.2) is 60.1 Å². The average molecular weight is 256 g/mol. The van der Waals surface area contributed by atoms with Crippen molar-refractivity contribution >= 4 is 39.1 Å². The van der Waals surface area contributed by atoms with Gasteiger partial charge in [-0.1, -0.05) is 0 Å². The van der Waals surface area contributed by atoms with Crippen LogP contribution in [0, 0.1) is 0 Å². The van der Waals surface area contributed by atoms with Crippen LogP contribution >= 0.6 is 0 Å². The maximum atomic E-state index is 8.56. The van der Waals surface area contributed by atoms with Gasteiger partial charge in [0, 0.05) is 6.61 Å². The van der Waals surface area contributed by atoms with E-state index in [-0.39, 0.29) is 6.61 Å². The molecule has 0 bridgehead atoms. The highest BCUT2D eigenvalue weighted by atomic mass is 28.5. The van der Waals surface area contributed by atoms with Crippen molar-refractivity contribution in [2.24, 2.45) is 0 Å². The summed E-state index contributed by atoms with van der Waals surface area (Å²) in [7, 11) is -4.67. The minimum Gasteiger partial charge on any atom is -0.435 e. The lowest BCUT2D eigenvalue weighted by atomic mass is 10.9. The van der Waals surface area contributed by atoms with Crippen LogP contribution in [0.15, 0.2) is 0 Å². The van der Waals surface area contributed by atoms with Gasteiger partial charge in [-0.05, 0) is 6.92 Å². The molecule has 0 amide bonds. The molecule has 0 heterocycles. The van der Waals surface area contributed by atoms with Gasteiger partial charge in [0.15, 0.2) is 0 Å². The molecule has 0 saturated carbocycles. The highest BCUT2D eigenvalue weighted by molar-refractivity contribution is 6.61. The van der Waals surface area contributed by atoms with Gasteiger partial charge in [0.25, 0.3) is 0 Å². The predicted octanol–water partition coefficient (Wildman–Crippen LogP) is -2.91. The Morgan fingerprint density at radius 2 is 2.08 bits per heavy atom. The van der Waals surface area contributed by atoms with Crippen molar-refractivity contribution < 1.29 is 31.2 Å². The van der Waals surface area contributed by atoms with Crippen molar-refractivity contribution in [3.63, 3.8) is 0 Å². The largest absolute Gasteiger partial charge is 0.663 e. The van der Waals surface area contributed by atoms with E-state index in [2.05, 4.69) is 18.7 Å². The quantitative estimate of drug-likeness (QED) is 0.420. The standard InChI is InChI=1S/C2H8O7Si4/c1-2-6-12(8-11-7-10)9-13(3,4)5/h3-5H,2H2,1H3. The fraction of sp³-hybridized carbons (Fsp3) is 1.00. The molecule has 0 aliphatic rings. The Kier molecular flexibility index (Phi) is 7.27. The lowest BCUT2D eigenvalue weighted by molar-refractivity contribution is 0.0862. The van der Waals surface area contributed by atoms with Gasteiger partial charge < -0.3 is 31.2 Å². The van der Waals surface area contributed by atoms with Gasteiger partial charge in [0.05, 0.1) is 0 Å². The molecule has 13 heavy (non-hydrogen) atoms. The molecule has 74 valence electrons. The van der Waals surface area contributed by atoms with Gasteiger partial charge in [0.2, 0.25) is 10.5 Å². The van der Waals surface area contributed by atoms with E-state index in [4.69, 9.17) is 22.9 Å². The summed E-state index contributed by atoms with van der Waals surface area (Å²) < 4.78 is 18.3. The van der Waals surface area contributed by atoms with Crippen molar-refractivity contribution in [3.05, 3.63) is 0 Å². The zero-order valence-corrected chi connectivity index (χ0v) is 10.7. The second kappa shape index (κ2) is 6.96. The highest BCUT2D eigenvalue weighted by Crippen LogP contribution is 1.97. The second-order valence-corrected chi connectivity index (χ2v) is 6.20. The fourth-order valence-corrected chi connectivity index (χ4v) is 3.32. The van der Waals surface area contributed by atoms with Gasteiger partial charge in [-0.3, -0.25) is 0 Å². The first-order valence-corrected chi connectivity index (χ1v) is 7.29. The van der Waals surface area contributed by atoms with E-state index in [1.54, 1.807) is 6.92 Å². The first-order valence-electron chi connectivity index (χ1n) is 3.10. The topological polar surface area (TPSA) is 97.6 Å². The SMILES string of the molecule is CCO[Si](O[Si]O[Si])O[Si](O)(O)O. The van der Waals surface area contributed by atoms with E-state index in [0.717, 1.165) is 0 Å². The molecule has 0 fully saturated rings. The van der Waals surface area contributed by atoms with E-state index in [0.29, 0.717) is 0 Å². The minimum absolute atomic E-state index is 0.269. The Balaban J connectivity index is 3.79. The van der Waals surface area contributed by atoms with Gasteiger partial charge in [0.1, 0.15) is 0 Å². The first-order chi connectivity index (χ1) is 5.99. The normalized spacial score (nSPS) is 12.5. The molecule has 0 aromatic heterocycles. The van der Waals surface area contributed by atoms with Crippen LogP contribution in [0.2, 0.25) is 0 Å². The summed E-state index contributed by atoms with van der Waals surface area (Å²) in [5.74, 6) is 0. The highest BCUT2D eigenvalue weighted by Gasteiger charge is 2.38. The molecule has 0 aliphatic carbocycles. The Hall–Kier alpha value is 0.588. The number of rotatable bonds is 7. The van der Waals surface area contributed by atoms with Crippen molar-refractivity contribution in [2.45, 2.75) is 6.92 Å². The van der Waals surface area contributed by atoms with Gasteiger partial charge in [-0.15, -0.1) is 0 Å². The molecule has 0 aliphatic heterocycles. The Morgan fingerprint density at radius 3 is 2.46 bits per heavy atom. The summed E-state index contributed by atoms with van der Waals surface area (Å²) in [5.41, 5.74) is 0. The molecule has 0 rings (SSSR count). The third-order valence-corrected chi connectivity index (χ3v) is 4.27. The van der Waals surface area contributed by atoms with Gasteiger partial charge >= 0.3 is 28.6 Å². The first kappa shape index (κ1) is 13.6. The Labute approximate surface area is 84.3 Å². The molecular weight excluding hydrogens is 248 g/mol. The number of hydrogen-bond acceptors (Lipinski definition) is 7. The predicted molar refractivity (Wildman–Crippen MR) is 44.6 cm³/mol. The summed E-state index contributed by atoms with van der Waals surface area (Å²) in [6.07, 6.45) is 0. The Morgan fingerprint density at radius 1 is 1.46 bits per heavy atom. The molecule has 0 spiro atoms. The molecule has 0 unspecified atom stereocenters. The third-order valence-electron chi connectivity index (χ3n) is 0.649. The summed E-state index contributed by atoms with van der Waals surface area (Å²) >= 11 is 0. The van der Waals surface area contributed by atoms with Crippen molar-refractivity contribution in [3.8, 4) is 0 Å². The zero-order valence-electron chi connectivity index (χ0n) is 6.68. The lowest BCUT2D eigenvalue weighted by Gasteiger charge is -2.16. The summed E-state index contributed by atoms with van der Waals surface area (Å²) in [5, 5.41) is 0. The molecular formula is C2H8O7Si4. The van der Waals surface area contributed by atoms with Crippen molar-refractivity contribution in [1.82, 2.24) is 0 Å². The van der Waals surface area contributed by atoms with E-state index in [1.165, 1.54) is 0 Å². The molecule has 3 N–H and O–H groups in total. The zero-order chi connectivity index (χ0) is 10.3. The molecule has 0 aromatic rings. The minimum atomic E-state index is -4.58. The molecule has 0 atom stereocenters. The van der Waals surface area contributed by atoms with Crippen molar-refractivity contribution in [2.75, 3.05) is 6.61 Å².